The Hall–Kier alpha value is -1.54. The van der Waals surface area contributed by atoms with E-state index in [4.69, 9.17) is 4.42 Å². The fraction of sp³-hybridized carbons (Fsp3) is 0.278. The fourth-order valence-electron chi connectivity index (χ4n) is 2.37. The van der Waals surface area contributed by atoms with Crippen molar-refractivity contribution in [2.75, 3.05) is 13.1 Å². The summed E-state index contributed by atoms with van der Waals surface area (Å²) < 4.78 is 5.83. The molecular weight excluding hydrogens is 433 g/mol. The number of nitrogens with zero attached hydrogens (tertiary/aromatic N) is 1. The minimum Gasteiger partial charge on any atom is -0.461 e. The Morgan fingerprint density at radius 3 is 2.79 bits per heavy atom. The second-order valence-electron chi connectivity index (χ2n) is 5.20. The number of guanidine groups is 1. The minimum absolute atomic E-state index is 0. The van der Waals surface area contributed by atoms with Crippen LogP contribution in [-0.2, 0) is 13.0 Å². The van der Waals surface area contributed by atoms with Gasteiger partial charge in [-0.15, -0.1) is 35.3 Å². The third-order valence-electron chi connectivity index (χ3n) is 3.46. The summed E-state index contributed by atoms with van der Waals surface area (Å²) in [6, 6.07) is 14.4. The Morgan fingerprint density at radius 1 is 1.17 bits per heavy atom. The van der Waals surface area contributed by atoms with Crippen LogP contribution in [0.15, 0.2) is 57.3 Å². The molecule has 128 valence electrons. The van der Waals surface area contributed by atoms with Gasteiger partial charge in [0.25, 0.3) is 0 Å². The molecule has 0 aliphatic rings. The molecule has 3 rings (SSSR count). The zero-order chi connectivity index (χ0) is 15.9. The molecule has 0 saturated heterocycles. The highest BCUT2D eigenvalue weighted by atomic mass is 127. The van der Waals surface area contributed by atoms with Gasteiger partial charge < -0.3 is 15.1 Å². The third kappa shape index (κ3) is 5.24. The predicted molar refractivity (Wildman–Crippen MR) is 112 cm³/mol. The van der Waals surface area contributed by atoms with E-state index in [2.05, 4.69) is 52.2 Å². The molecule has 0 amide bonds. The largest absolute Gasteiger partial charge is 0.461 e. The van der Waals surface area contributed by atoms with Crippen molar-refractivity contribution in [3.05, 3.63) is 58.5 Å². The molecule has 0 aliphatic carbocycles. The third-order valence-corrected chi connectivity index (χ3v) is 4.32. The maximum absolute atomic E-state index is 5.83. The van der Waals surface area contributed by atoms with Crippen LogP contribution in [0.1, 0.15) is 17.6 Å². The number of rotatable bonds is 6. The molecule has 2 aromatic heterocycles. The molecule has 0 atom stereocenters. The molecule has 0 fully saturated rings. The van der Waals surface area contributed by atoms with Crippen molar-refractivity contribution in [3.8, 4) is 0 Å². The summed E-state index contributed by atoms with van der Waals surface area (Å²) in [5.74, 6) is 1.84. The highest BCUT2D eigenvalue weighted by molar-refractivity contribution is 14.0. The lowest BCUT2D eigenvalue weighted by Gasteiger charge is -2.10. The molecule has 2 heterocycles. The van der Waals surface area contributed by atoms with E-state index in [1.807, 2.05) is 18.2 Å². The summed E-state index contributed by atoms with van der Waals surface area (Å²) >= 11 is 1.73. The second-order valence-corrected chi connectivity index (χ2v) is 6.23. The van der Waals surface area contributed by atoms with Crippen LogP contribution in [0.3, 0.4) is 0 Å². The number of thiophene rings is 1. The molecule has 6 heteroatoms. The van der Waals surface area contributed by atoms with Crippen LogP contribution in [0.25, 0.3) is 11.0 Å². The Labute approximate surface area is 163 Å². The molecule has 0 saturated carbocycles. The summed E-state index contributed by atoms with van der Waals surface area (Å²) in [6.45, 7) is 4.41. The molecule has 1 aromatic carbocycles. The number of hydrogen-bond acceptors (Lipinski definition) is 3. The van der Waals surface area contributed by atoms with Gasteiger partial charge in [0, 0.05) is 29.8 Å². The average Bonchev–Trinajstić information content (AvgIpc) is 3.21. The maximum atomic E-state index is 5.83. The second kappa shape index (κ2) is 9.68. The maximum Gasteiger partial charge on any atom is 0.191 e. The average molecular weight is 455 g/mol. The molecule has 0 spiro atoms. The lowest BCUT2D eigenvalue weighted by atomic mass is 10.2. The van der Waals surface area contributed by atoms with E-state index < -0.39 is 0 Å². The van der Waals surface area contributed by atoms with Gasteiger partial charge in [-0.3, -0.25) is 0 Å². The smallest absolute Gasteiger partial charge is 0.191 e. The molecule has 0 bridgehead atoms. The van der Waals surface area contributed by atoms with Crippen LogP contribution in [-0.4, -0.2) is 19.0 Å². The SMILES string of the molecule is CCNC(=NCc1cccs1)NCCc1cc2ccccc2o1.I. The van der Waals surface area contributed by atoms with Crippen molar-refractivity contribution >= 4 is 52.2 Å². The van der Waals surface area contributed by atoms with E-state index in [9.17, 15) is 0 Å². The Kier molecular flexibility index (Phi) is 7.58. The Balaban J connectivity index is 0.00000208. The number of halogens is 1. The molecule has 24 heavy (non-hydrogen) atoms. The lowest BCUT2D eigenvalue weighted by molar-refractivity contribution is 0.544. The number of furan rings is 1. The van der Waals surface area contributed by atoms with Crippen LogP contribution in [0.2, 0.25) is 0 Å². The zero-order valence-corrected chi connectivity index (χ0v) is 16.8. The number of aliphatic imine (C=N–C) groups is 1. The van der Waals surface area contributed by atoms with Gasteiger partial charge in [0.15, 0.2) is 5.96 Å². The van der Waals surface area contributed by atoms with Crippen molar-refractivity contribution in [2.24, 2.45) is 4.99 Å². The summed E-state index contributed by atoms with van der Waals surface area (Å²) in [5, 5.41) is 9.86. The topological polar surface area (TPSA) is 49.6 Å². The summed E-state index contributed by atoms with van der Waals surface area (Å²) in [6.07, 6.45) is 0.831. The normalized spacial score (nSPS) is 11.3. The van der Waals surface area contributed by atoms with Crippen molar-refractivity contribution < 1.29 is 4.42 Å². The van der Waals surface area contributed by atoms with Crippen LogP contribution in [0, 0.1) is 0 Å². The van der Waals surface area contributed by atoms with Crippen LogP contribution in [0.4, 0.5) is 0 Å². The van der Waals surface area contributed by atoms with E-state index in [0.29, 0.717) is 6.54 Å². The first kappa shape index (κ1) is 18.8. The highest BCUT2D eigenvalue weighted by Crippen LogP contribution is 2.18. The van der Waals surface area contributed by atoms with Gasteiger partial charge in [-0.05, 0) is 30.5 Å². The first-order valence-corrected chi connectivity index (χ1v) is 8.75. The van der Waals surface area contributed by atoms with Crippen molar-refractivity contribution in [2.45, 2.75) is 19.9 Å². The highest BCUT2D eigenvalue weighted by Gasteiger charge is 2.04. The standard InChI is InChI=1S/C18H21N3OS.HI/c1-2-19-18(21-13-16-7-5-11-23-16)20-10-9-15-12-14-6-3-4-8-17(14)22-15;/h3-8,11-12H,2,9-10,13H2,1H3,(H2,19,20,21);1H. The predicted octanol–water partition coefficient (Wildman–Crippen LogP) is 4.41. The van der Waals surface area contributed by atoms with Gasteiger partial charge in [-0.2, -0.15) is 0 Å². The number of fused-ring (bicyclic) bond motifs is 1. The van der Waals surface area contributed by atoms with Gasteiger partial charge in [-0.1, -0.05) is 24.3 Å². The van der Waals surface area contributed by atoms with Crippen molar-refractivity contribution in [3.63, 3.8) is 0 Å². The molecule has 0 radical (unpaired) electrons. The van der Waals surface area contributed by atoms with E-state index in [-0.39, 0.29) is 24.0 Å². The number of nitrogens with one attached hydrogen (secondary N) is 2. The fourth-order valence-corrected chi connectivity index (χ4v) is 2.99. The number of para-hydroxylation sites is 1. The quantitative estimate of drug-likeness (QED) is 0.329. The van der Waals surface area contributed by atoms with Crippen molar-refractivity contribution in [1.29, 1.82) is 0 Å². The Morgan fingerprint density at radius 2 is 2.04 bits per heavy atom. The van der Waals surface area contributed by atoms with Crippen LogP contribution in [0.5, 0.6) is 0 Å². The van der Waals surface area contributed by atoms with Crippen LogP contribution >= 0.6 is 35.3 Å². The van der Waals surface area contributed by atoms with Crippen molar-refractivity contribution in [1.82, 2.24) is 10.6 Å². The minimum atomic E-state index is 0. The first-order chi connectivity index (χ1) is 11.3. The first-order valence-electron chi connectivity index (χ1n) is 7.87. The summed E-state index contributed by atoms with van der Waals surface area (Å²) in [4.78, 5) is 5.87. The van der Waals surface area contributed by atoms with Gasteiger partial charge in [0.2, 0.25) is 0 Å². The van der Waals surface area contributed by atoms with Gasteiger partial charge in [-0.25, -0.2) is 4.99 Å². The van der Waals surface area contributed by atoms with Gasteiger partial charge >= 0.3 is 0 Å². The molecule has 0 unspecified atom stereocenters. The van der Waals surface area contributed by atoms with Crippen LogP contribution < -0.4 is 10.6 Å². The molecular formula is C18H22IN3OS. The van der Waals surface area contributed by atoms with Gasteiger partial charge in [0.1, 0.15) is 11.3 Å². The molecule has 0 aliphatic heterocycles. The number of hydrogen-bond donors (Lipinski definition) is 2. The molecule has 2 N–H and O–H groups in total. The molecule has 4 nitrogen and oxygen atoms in total. The van der Waals surface area contributed by atoms with E-state index in [1.54, 1.807) is 11.3 Å². The van der Waals surface area contributed by atoms with E-state index in [1.165, 1.54) is 4.88 Å². The summed E-state index contributed by atoms with van der Waals surface area (Å²) in [7, 11) is 0. The van der Waals surface area contributed by atoms with Gasteiger partial charge in [0.05, 0.1) is 6.54 Å². The van der Waals surface area contributed by atoms with E-state index in [0.717, 1.165) is 42.2 Å². The van der Waals surface area contributed by atoms with E-state index >= 15 is 0 Å². The lowest BCUT2D eigenvalue weighted by Crippen LogP contribution is -2.38. The summed E-state index contributed by atoms with van der Waals surface area (Å²) in [5.41, 5.74) is 0.945. The number of benzene rings is 1. The monoisotopic (exact) mass is 455 g/mol. The zero-order valence-electron chi connectivity index (χ0n) is 13.6. The Bertz CT molecular complexity index is 735. The molecule has 3 aromatic rings.